The van der Waals surface area contributed by atoms with Crippen LogP contribution in [0.5, 0.6) is 0 Å². The Balaban J connectivity index is 2.14. The van der Waals surface area contributed by atoms with Crippen LogP contribution in [0, 0.1) is 0 Å². The van der Waals surface area contributed by atoms with Gasteiger partial charge < -0.3 is 14.6 Å². The van der Waals surface area contributed by atoms with Gasteiger partial charge in [0, 0.05) is 12.6 Å². The molecule has 1 atom stereocenters. The molecule has 0 amide bonds. The SMILES string of the molecule is CC(CNCc1cnco1)N(C)C. The fourth-order valence-electron chi connectivity index (χ4n) is 0.916. The molecule has 0 saturated heterocycles. The number of hydrogen-bond donors (Lipinski definition) is 1. The molecule has 4 nitrogen and oxygen atoms in total. The summed E-state index contributed by atoms with van der Waals surface area (Å²) in [5, 5.41) is 3.29. The Morgan fingerprint density at radius 2 is 2.38 bits per heavy atom. The molecule has 1 aromatic heterocycles. The Morgan fingerprint density at radius 3 is 2.92 bits per heavy atom. The summed E-state index contributed by atoms with van der Waals surface area (Å²) in [5.74, 6) is 0.881. The van der Waals surface area contributed by atoms with Gasteiger partial charge in [-0.15, -0.1) is 0 Å². The molecule has 0 aliphatic heterocycles. The van der Waals surface area contributed by atoms with Crippen molar-refractivity contribution >= 4 is 0 Å². The minimum absolute atomic E-state index is 0.530. The molecule has 0 bridgehead atoms. The topological polar surface area (TPSA) is 41.3 Å². The zero-order valence-corrected chi connectivity index (χ0v) is 8.45. The van der Waals surface area contributed by atoms with Crippen molar-refractivity contribution in [3.05, 3.63) is 18.4 Å². The third-order valence-corrected chi connectivity index (χ3v) is 2.10. The summed E-state index contributed by atoms with van der Waals surface area (Å²) < 4.78 is 5.09. The fourth-order valence-corrected chi connectivity index (χ4v) is 0.916. The van der Waals surface area contributed by atoms with E-state index < -0.39 is 0 Å². The molecule has 1 unspecified atom stereocenters. The summed E-state index contributed by atoms with van der Waals surface area (Å²) >= 11 is 0. The molecule has 0 saturated carbocycles. The van der Waals surface area contributed by atoms with Crippen LogP contribution in [-0.2, 0) is 6.54 Å². The van der Waals surface area contributed by atoms with Crippen LogP contribution in [0.3, 0.4) is 0 Å². The van der Waals surface area contributed by atoms with E-state index in [9.17, 15) is 0 Å². The maximum atomic E-state index is 5.09. The van der Waals surface area contributed by atoms with Crippen LogP contribution in [0.1, 0.15) is 12.7 Å². The van der Waals surface area contributed by atoms with Crippen molar-refractivity contribution in [2.45, 2.75) is 19.5 Å². The number of oxazole rings is 1. The molecule has 74 valence electrons. The third-order valence-electron chi connectivity index (χ3n) is 2.10. The molecular weight excluding hydrogens is 166 g/mol. The van der Waals surface area contributed by atoms with Crippen LogP contribution >= 0.6 is 0 Å². The number of likely N-dealkylation sites (N-methyl/N-ethyl adjacent to an activating group) is 1. The van der Waals surface area contributed by atoms with Gasteiger partial charge in [-0.2, -0.15) is 0 Å². The van der Waals surface area contributed by atoms with Crippen LogP contribution in [0.25, 0.3) is 0 Å². The minimum atomic E-state index is 0.530. The molecule has 0 spiro atoms. The Morgan fingerprint density at radius 1 is 1.62 bits per heavy atom. The van der Waals surface area contributed by atoms with Crippen molar-refractivity contribution in [3.8, 4) is 0 Å². The smallest absolute Gasteiger partial charge is 0.180 e. The maximum absolute atomic E-state index is 5.09. The van der Waals surface area contributed by atoms with Crippen molar-refractivity contribution < 1.29 is 4.42 Å². The van der Waals surface area contributed by atoms with Crippen molar-refractivity contribution in [1.29, 1.82) is 0 Å². The average Bonchev–Trinajstić information content (AvgIpc) is 2.56. The van der Waals surface area contributed by atoms with Gasteiger partial charge in [0.25, 0.3) is 0 Å². The molecule has 1 N–H and O–H groups in total. The predicted octanol–water partition coefficient (Wildman–Crippen LogP) is 0.714. The molecule has 0 aliphatic carbocycles. The lowest BCUT2D eigenvalue weighted by molar-refractivity contribution is 0.299. The number of hydrogen-bond acceptors (Lipinski definition) is 4. The van der Waals surface area contributed by atoms with Crippen molar-refractivity contribution in [2.24, 2.45) is 0 Å². The third kappa shape index (κ3) is 3.57. The molecule has 0 radical (unpaired) electrons. The first-order valence-electron chi connectivity index (χ1n) is 4.44. The lowest BCUT2D eigenvalue weighted by Crippen LogP contribution is -2.35. The van der Waals surface area contributed by atoms with Crippen molar-refractivity contribution in [2.75, 3.05) is 20.6 Å². The summed E-state index contributed by atoms with van der Waals surface area (Å²) in [6.45, 7) is 3.87. The number of nitrogens with one attached hydrogen (secondary N) is 1. The van der Waals surface area contributed by atoms with E-state index in [1.54, 1.807) is 6.20 Å². The fraction of sp³-hybridized carbons (Fsp3) is 0.667. The van der Waals surface area contributed by atoms with Gasteiger partial charge in [-0.05, 0) is 21.0 Å². The zero-order chi connectivity index (χ0) is 9.68. The predicted molar refractivity (Wildman–Crippen MR) is 51.4 cm³/mol. The van der Waals surface area contributed by atoms with Crippen molar-refractivity contribution in [3.63, 3.8) is 0 Å². The van der Waals surface area contributed by atoms with Crippen LogP contribution in [-0.4, -0.2) is 36.6 Å². The normalized spacial score (nSPS) is 13.5. The first-order valence-corrected chi connectivity index (χ1v) is 4.44. The molecule has 1 heterocycles. The van der Waals surface area contributed by atoms with Gasteiger partial charge in [0.15, 0.2) is 6.39 Å². The van der Waals surface area contributed by atoms with Crippen LogP contribution in [0.2, 0.25) is 0 Å². The summed E-state index contributed by atoms with van der Waals surface area (Å²) in [6.07, 6.45) is 3.18. The zero-order valence-electron chi connectivity index (χ0n) is 8.45. The van der Waals surface area contributed by atoms with Gasteiger partial charge in [-0.25, -0.2) is 4.98 Å². The van der Waals surface area contributed by atoms with E-state index in [2.05, 4.69) is 36.2 Å². The van der Waals surface area contributed by atoms with Gasteiger partial charge in [-0.1, -0.05) is 0 Å². The van der Waals surface area contributed by atoms with Crippen LogP contribution in [0.4, 0.5) is 0 Å². The Labute approximate surface area is 78.9 Å². The highest BCUT2D eigenvalue weighted by atomic mass is 16.3. The summed E-state index contributed by atoms with van der Waals surface area (Å²) in [7, 11) is 4.14. The molecule has 1 rings (SSSR count). The van der Waals surface area contributed by atoms with E-state index >= 15 is 0 Å². The van der Waals surface area contributed by atoms with E-state index in [0.717, 1.165) is 18.8 Å². The van der Waals surface area contributed by atoms with Gasteiger partial charge in [0.05, 0.1) is 12.7 Å². The quantitative estimate of drug-likeness (QED) is 0.730. The van der Waals surface area contributed by atoms with Gasteiger partial charge in [0.2, 0.25) is 0 Å². The molecule has 0 aliphatic rings. The van der Waals surface area contributed by atoms with Crippen LogP contribution < -0.4 is 5.32 Å². The molecule has 13 heavy (non-hydrogen) atoms. The summed E-state index contributed by atoms with van der Waals surface area (Å²) in [5.41, 5.74) is 0. The number of nitrogens with zero attached hydrogens (tertiary/aromatic N) is 2. The van der Waals surface area contributed by atoms with Crippen molar-refractivity contribution in [1.82, 2.24) is 15.2 Å². The highest BCUT2D eigenvalue weighted by molar-refractivity contribution is 4.87. The average molecular weight is 183 g/mol. The second kappa shape index (κ2) is 4.99. The molecule has 0 fully saturated rings. The Bertz CT molecular complexity index is 221. The summed E-state index contributed by atoms with van der Waals surface area (Å²) in [4.78, 5) is 6.01. The molecule has 1 aromatic rings. The largest absolute Gasteiger partial charge is 0.447 e. The van der Waals surface area contributed by atoms with E-state index in [1.165, 1.54) is 6.39 Å². The second-order valence-corrected chi connectivity index (χ2v) is 3.41. The standard InChI is InChI=1S/C9H17N3O/c1-8(12(2)3)4-10-5-9-6-11-7-13-9/h6-8,10H,4-5H2,1-3H3. The Kier molecular flexibility index (Phi) is 3.92. The minimum Gasteiger partial charge on any atom is -0.447 e. The highest BCUT2D eigenvalue weighted by Crippen LogP contribution is 1.95. The molecule has 4 heteroatoms. The lowest BCUT2D eigenvalue weighted by Gasteiger charge is -2.19. The van der Waals surface area contributed by atoms with Gasteiger partial charge in [-0.3, -0.25) is 0 Å². The first kappa shape index (κ1) is 10.2. The molecular formula is C9H17N3O. The second-order valence-electron chi connectivity index (χ2n) is 3.41. The molecule has 0 aromatic carbocycles. The van der Waals surface area contributed by atoms with Gasteiger partial charge in [0.1, 0.15) is 5.76 Å². The Hall–Kier alpha value is -0.870. The summed E-state index contributed by atoms with van der Waals surface area (Å²) in [6, 6.07) is 0.530. The van der Waals surface area contributed by atoms with E-state index in [4.69, 9.17) is 4.42 Å². The first-order chi connectivity index (χ1) is 6.20. The lowest BCUT2D eigenvalue weighted by atomic mass is 10.3. The number of rotatable bonds is 5. The van der Waals surface area contributed by atoms with Crippen LogP contribution in [0.15, 0.2) is 17.0 Å². The van der Waals surface area contributed by atoms with E-state index in [0.29, 0.717) is 6.04 Å². The maximum Gasteiger partial charge on any atom is 0.180 e. The van der Waals surface area contributed by atoms with E-state index in [-0.39, 0.29) is 0 Å². The number of aromatic nitrogens is 1. The van der Waals surface area contributed by atoms with Gasteiger partial charge >= 0.3 is 0 Å². The van der Waals surface area contributed by atoms with E-state index in [1.807, 2.05) is 0 Å². The monoisotopic (exact) mass is 183 g/mol. The highest BCUT2D eigenvalue weighted by Gasteiger charge is 2.03.